The van der Waals surface area contributed by atoms with Crippen molar-refractivity contribution in [3.8, 4) is 5.75 Å². The molecule has 0 aliphatic heterocycles. The molecule has 2 N–H and O–H groups in total. The highest BCUT2D eigenvalue weighted by Crippen LogP contribution is 2.29. The first kappa shape index (κ1) is 12.9. The van der Waals surface area contributed by atoms with Gasteiger partial charge in [0.1, 0.15) is 11.3 Å². The Bertz CT molecular complexity index is 868. The van der Waals surface area contributed by atoms with E-state index in [9.17, 15) is 14.7 Å². The van der Waals surface area contributed by atoms with Gasteiger partial charge in [-0.05, 0) is 29.6 Å². The molecule has 100 valence electrons. The lowest BCUT2D eigenvalue weighted by Gasteiger charge is -2.06. The van der Waals surface area contributed by atoms with Crippen molar-refractivity contribution in [2.24, 2.45) is 0 Å². The maximum Gasteiger partial charge on any atom is 0.263 e. The lowest BCUT2D eigenvalue weighted by atomic mass is 10.1. The zero-order valence-corrected chi connectivity index (χ0v) is 11.6. The van der Waals surface area contributed by atoms with Gasteiger partial charge in [0.2, 0.25) is 5.78 Å². The number of carbonyl (C=O) groups excluding carboxylic acids is 1. The third-order valence-electron chi connectivity index (χ3n) is 2.92. The highest BCUT2D eigenvalue weighted by atomic mass is 35.5. The Hall–Kier alpha value is -2.11. The Morgan fingerprint density at radius 2 is 2.10 bits per heavy atom. The first-order valence-corrected chi connectivity index (χ1v) is 6.96. The van der Waals surface area contributed by atoms with Crippen LogP contribution in [-0.4, -0.2) is 15.9 Å². The van der Waals surface area contributed by atoms with Gasteiger partial charge in [0.15, 0.2) is 0 Å². The molecule has 0 radical (unpaired) electrons. The molecule has 0 spiro atoms. The number of aromatic nitrogens is 1. The summed E-state index contributed by atoms with van der Waals surface area (Å²) in [7, 11) is 0. The molecule has 0 saturated heterocycles. The van der Waals surface area contributed by atoms with Gasteiger partial charge in [0.05, 0.1) is 10.4 Å². The first-order valence-electron chi connectivity index (χ1n) is 5.70. The van der Waals surface area contributed by atoms with Crippen molar-refractivity contribution in [1.82, 2.24) is 4.98 Å². The standard InChI is InChI=1S/C14H8ClNO3S/c15-7-3-4-9-8(6-7)12(17)11(14(19)16-9)13(18)10-2-1-5-20-10/h1-6H,(H2,16,17,19). The molecule has 2 heterocycles. The predicted octanol–water partition coefficient (Wildman–Crippen LogP) is 3.18. The Morgan fingerprint density at radius 1 is 1.30 bits per heavy atom. The van der Waals surface area contributed by atoms with Crippen LogP contribution in [0.2, 0.25) is 5.02 Å². The fourth-order valence-electron chi connectivity index (χ4n) is 1.99. The molecule has 3 aromatic rings. The molecule has 0 saturated carbocycles. The van der Waals surface area contributed by atoms with Gasteiger partial charge in [-0.15, -0.1) is 11.3 Å². The summed E-state index contributed by atoms with van der Waals surface area (Å²) >= 11 is 7.09. The number of hydrogen-bond acceptors (Lipinski definition) is 4. The van der Waals surface area contributed by atoms with E-state index in [0.717, 1.165) is 0 Å². The van der Waals surface area contributed by atoms with E-state index < -0.39 is 11.3 Å². The molecule has 0 unspecified atom stereocenters. The van der Waals surface area contributed by atoms with Crippen molar-refractivity contribution in [3.63, 3.8) is 0 Å². The number of fused-ring (bicyclic) bond motifs is 1. The molecule has 0 atom stereocenters. The van der Waals surface area contributed by atoms with Gasteiger partial charge in [0, 0.05) is 10.4 Å². The van der Waals surface area contributed by atoms with Gasteiger partial charge in [0.25, 0.3) is 5.56 Å². The number of halogens is 1. The summed E-state index contributed by atoms with van der Waals surface area (Å²) in [6, 6.07) is 8.00. The van der Waals surface area contributed by atoms with Crippen LogP contribution in [-0.2, 0) is 0 Å². The van der Waals surface area contributed by atoms with Crippen LogP contribution in [0, 0.1) is 0 Å². The Morgan fingerprint density at radius 3 is 2.80 bits per heavy atom. The van der Waals surface area contributed by atoms with Crippen LogP contribution in [0.4, 0.5) is 0 Å². The number of aromatic amines is 1. The minimum absolute atomic E-state index is 0.262. The van der Waals surface area contributed by atoms with Crippen molar-refractivity contribution in [3.05, 3.63) is 61.5 Å². The molecule has 0 aliphatic rings. The second kappa shape index (κ2) is 4.77. The number of ketones is 1. The van der Waals surface area contributed by atoms with Crippen molar-refractivity contribution in [2.75, 3.05) is 0 Å². The summed E-state index contributed by atoms with van der Waals surface area (Å²) < 4.78 is 0. The molecule has 1 aromatic carbocycles. The monoisotopic (exact) mass is 305 g/mol. The Labute approximate surface area is 122 Å². The first-order chi connectivity index (χ1) is 9.58. The average molecular weight is 306 g/mol. The number of thiophene rings is 1. The van der Waals surface area contributed by atoms with Gasteiger partial charge in [-0.1, -0.05) is 17.7 Å². The Balaban J connectivity index is 2.31. The topological polar surface area (TPSA) is 70.2 Å². The van der Waals surface area contributed by atoms with Crippen molar-refractivity contribution >= 4 is 39.6 Å². The maximum atomic E-state index is 12.3. The highest BCUT2D eigenvalue weighted by Gasteiger charge is 2.21. The summed E-state index contributed by atoms with van der Waals surface area (Å²) in [5, 5.41) is 12.7. The molecule has 3 rings (SSSR count). The molecule has 20 heavy (non-hydrogen) atoms. The fraction of sp³-hybridized carbons (Fsp3) is 0. The maximum absolute atomic E-state index is 12.3. The summed E-state index contributed by atoms with van der Waals surface area (Å²) in [6.07, 6.45) is 0. The molecule has 0 amide bonds. The largest absolute Gasteiger partial charge is 0.506 e. The summed E-state index contributed by atoms with van der Waals surface area (Å²) in [6.45, 7) is 0. The van der Waals surface area contributed by atoms with E-state index >= 15 is 0 Å². The highest BCUT2D eigenvalue weighted by molar-refractivity contribution is 7.12. The summed E-state index contributed by atoms with van der Waals surface area (Å²) in [5.41, 5.74) is -0.447. The zero-order chi connectivity index (χ0) is 14.3. The van der Waals surface area contributed by atoms with E-state index in [1.54, 1.807) is 29.6 Å². The summed E-state index contributed by atoms with van der Waals surface area (Å²) in [5.74, 6) is -0.842. The van der Waals surface area contributed by atoms with Gasteiger partial charge in [-0.25, -0.2) is 0 Å². The fourth-order valence-corrected chi connectivity index (χ4v) is 2.83. The van der Waals surface area contributed by atoms with Crippen molar-refractivity contribution in [2.45, 2.75) is 0 Å². The number of H-pyrrole nitrogens is 1. The van der Waals surface area contributed by atoms with E-state index in [1.807, 2.05) is 0 Å². The number of nitrogens with one attached hydrogen (secondary N) is 1. The van der Waals surface area contributed by atoms with Crippen LogP contribution in [0.15, 0.2) is 40.5 Å². The summed E-state index contributed by atoms with van der Waals surface area (Å²) in [4.78, 5) is 27.3. The van der Waals surface area contributed by atoms with Crippen LogP contribution in [0.1, 0.15) is 15.2 Å². The number of benzene rings is 1. The lowest BCUT2D eigenvalue weighted by Crippen LogP contribution is -2.18. The van der Waals surface area contributed by atoms with Gasteiger partial charge in [-0.2, -0.15) is 0 Å². The average Bonchev–Trinajstić information content (AvgIpc) is 2.93. The number of aromatic hydroxyl groups is 1. The Kier molecular flexibility index (Phi) is 3.08. The quantitative estimate of drug-likeness (QED) is 0.714. The number of rotatable bonds is 2. The number of carbonyl (C=O) groups is 1. The van der Waals surface area contributed by atoms with Crippen molar-refractivity contribution in [1.29, 1.82) is 0 Å². The number of pyridine rings is 1. The van der Waals surface area contributed by atoms with Gasteiger partial charge in [-0.3, -0.25) is 9.59 Å². The van der Waals surface area contributed by atoms with Crippen LogP contribution in [0.25, 0.3) is 10.9 Å². The molecule has 4 nitrogen and oxygen atoms in total. The van der Waals surface area contributed by atoms with Crippen molar-refractivity contribution < 1.29 is 9.90 Å². The van der Waals surface area contributed by atoms with E-state index in [4.69, 9.17) is 11.6 Å². The molecule has 6 heteroatoms. The predicted molar refractivity (Wildman–Crippen MR) is 79.0 cm³/mol. The second-order valence-corrected chi connectivity index (χ2v) is 5.56. The molecule has 0 fully saturated rings. The van der Waals surface area contributed by atoms with E-state index in [-0.39, 0.29) is 11.3 Å². The molecular formula is C14H8ClNO3S. The smallest absolute Gasteiger partial charge is 0.263 e. The third kappa shape index (κ3) is 2.01. The molecule has 0 bridgehead atoms. The molecule has 0 aliphatic carbocycles. The zero-order valence-electron chi connectivity index (χ0n) is 10.0. The van der Waals surface area contributed by atoms with Crippen LogP contribution < -0.4 is 5.56 Å². The normalized spacial score (nSPS) is 10.8. The van der Waals surface area contributed by atoms with Crippen LogP contribution >= 0.6 is 22.9 Å². The van der Waals surface area contributed by atoms with E-state index in [0.29, 0.717) is 20.8 Å². The van der Waals surface area contributed by atoms with Gasteiger partial charge < -0.3 is 10.1 Å². The van der Waals surface area contributed by atoms with Crippen LogP contribution in [0.5, 0.6) is 5.75 Å². The van der Waals surface area contributed by atoms with Gasteiger partial charge >= 0.3 is 0 Å². The number of hydrogen-bond donors (Lipinski definition) is 2. The lowest BCUT2D eigenvalue weighted by molar-refractivity contribution is 0.103. The molecular weight excluding hydrogens is 298 g/mol. The minimum Gasteiger partial charge on any atom is -0.506 e. The third-order valence-corrected chi connectivity index (χ3v) is 4.02. The molecule has 2 aromatic heterocycles. The minimum atomic E-state index is -0.615. The second-order valence-electron chi connectivity index (χ2n) is 4.17. The van der Waals surface area contributed by atoms with E-state index in [2.05, 4.69) is 4.98 Å². The van der Waals surface area contributed by atoms with E-state index in [1.165, 1.54) is 17.4 Å². The SMILES string of the molecule is O=C(c1cccs1)c1c(O)c2cc(Cl)ccc2[nH]c1=O. The van der Waals surface area contributed by atoms with Crippen LogP contribution in [0.3, 0.4) is 0 Å².